The van der Waals surface area contributed by atoms with E-state index >= 15 is 0 Å². The molecule has 1 atom stereocenters. The van der Waals surface area contributed by atoms with Gasteiger partial charge >= 0.3 is 0 Å². The Morgan fingerprint density at radius 3 is 2.52 bits per heavy atom. The normalized spacial score (nSPS) is 36.4. The molecule has 1 heterocycles. The lowest BCUT2D eigenvalue weighted by Gasteiger charge is -2.50. The second-order valence-corrected chi connectivity index (χ2v) is 8.03. The molecular formula is C18H36N2O. The van der Waals surface area contributed by atoms with E-state index < -0.39 is 0 Å². The molecule has 1 aliphatic carbocycles. The van der Waals surface area contributed by atoms with Crippen LogP contribution in [-0.4, -0.2) is 42.8 Å². The lowest BCUT2D eigenvalue weighted by molar-refractivity contribution is -0.00135. The molecule has 0 bridgehead atoms. The van der Waals surface area contributed by atoms with Gasteiger partial charge in [0.1, 0.15) is 0 Å². The Morgan fingerprint density at radius 1 is 1.29 bits per heavy atom. The van der Waals surface area contributed by atoms with Gasteiger partial charge < -0.3 is 10.5 Å². The minimum absolute atomic E-state index is 0.238. The second kappa shape index (κ2) is 6.97. The second-order valence-electron chi connectivity index (χ2n) is 8.03. The molecule has 0 aromatic rings. The molecular weight excluding hydrogens is 260 g/mol. The quantitative estimate of drug-likeness (QED) is 0.864. The summed E-state index contributed by atoms with van der Waals surface area (Å²) in [6.07, 6.45) is 7.99. The Kier molecular flexibility index (Phi) is 5.72. The van der Waals surface area contributed by atoms with Crippen molar-refractivity contribution in [2.24, 2.45) is 17.1 Å². The topological polar surface area (TPSA) is 38.5 Å². The van der Waals surface area contributed by atoms with E-state index in [2.05, 4.69) is 32.6 Å². The fourth-order valence-electron chi connectivity index (χ4n) is 4.30. The zero-order valence-electron chi connectivity index (χ0n) is 14.7. The van der Waals surface area contributed by atoms with E-state index in [1.807, 2.05) is 0 Å². The maximum absolute atomic E-state index is 6.27. The van der Waals surface area contributed by atoms with Crippen LogP contribution in [0.15, 0.2) is 0 Å². The summed E-state index contributed by atoms with van der Waals surface area (Å²) in [5.41, 5.74) is 6.99. The standard InChI is InChI=1S/C18H36N2O/c1-5-17(3,4)16-7-9-18(14-19,10-8-16)20-11-6-12-21-15(2)13-20/h15-16H,5-14,19H2,1-4H3. The van der Waals surface area contributed by atoms with Gasteiger partial charge in [-0.1, -0.05) is 27.2 Å². The van der Waals surface area contributed by atoms with E-state index in [0.717, 1.165) is 38.6 Å². The molecule has 0 aromatic heterocycles. The van der Waals surface area contributed by atoms with Gasteiger partial charge in [0.05, 0.1) is 6.10 Å². The van der Waals surface area contributed by atoms with Crippen molar-refractivity contribution in [3.63, 3.8) is 0 Å². The van der Waals surface area contributed by atoms with Crippen molar-refractivity contribution in [2.75, 3.05) is 26.2 Å². The summed E-state index contributed by atoms with van der Waals surface area (Å²) < 4.78 is 5.82. The minimum Gasteiger partial charge on any atom is -0.377 e. The number of ether oxygens (including phenoxy) is 1. The van der Waals surface area contributed by atoms with Gasteiger partial charge in [0.2, 0.25) is 0 Å². The Hall–Kier alpha value is -0.120. The van der Waals surface area contributed by atoms with Gasteiger partial charge in [-0.05, 0) is 50.4 Å². The van der Waals surface area contributed by atoms with Crippen molar-refractivity contribution in [2.45, 2.75) is 77.9 Å². The van der Waals surface area contributed by atoms with Gasteiger partial charge in [-0.15, -0.1) is 0 Å². The summed E-state index contributed by atoms with van der Waals surface area (Å²) in [6.45, 7) is 13.3. The Labute approximate surface area is 131 Å². The number of hydrogen-bond donors (Lipinski definition) is 1. The molecule has 3 nitrogen and oxygen atoms in total. The number of nitrogens with zero attached hydrogens (tertiary/aromatic N) is 1. The van der Waals surface area contributed by atoms with Crippen LogP contribution in [-0.2, 0) is 4.74 Å². The molecule has 2 rings (SSSR count). The highest BCUT2D eigenvalue weighted by molar-refractivity contribution is 4.98. The van der Waals surface area contributed by atoms with E-state index in [9.17, 15) is 0 Å². The number of rotatable bonds is 4. The highest BCUT2D eigenvalue weighted by Gasteiger charge is 2.42. The summed E-state index contributed by atoms with van der Waals surface area (Å²) in [4.78, 5) is 2.67. The lowest BCUT2D eigenvalue weighted by atomic mass is 9.65. The van der Waals surface area contributed by atoms with E-state index in [1.165, 1.54) is 32.1 Å². The van der Waals surface area contributed by atoms with Crippen molar-refractivity contribution < 1.29 is 4.74 Å². The molecule has 21 heavy (non-hydrogen) atoms. The van der Waals surface area contributed by atoms with Gasteiger partial charge in [0, 0.05) is 31.8 Å². The fourth-order valence-corrected chi connectivity index (χ4v) is 4.30. The van der Waals surface area contributed by atoms with Gasteiger partial charge in [0.25, 0.3) is 0 Å². The zero-order chi connectivity index (χ0) is 15.5. The summed E-state index contributed by atoms with van der Waals surface area (Å²) in [5.74, 6) is 0.864. The smallest absolute Gasteiger partial charge is 0.0674 e. The molecule has 124 valence electrons. The van der Waals surface area contributed by atoms with Crippen molar-refractivity contribution in [1.29, 1.82) is 0 Å². The summed E-state index contributed by atoms with van der Waals surface area (Å²) >= 11 is 0. The third-order valence-corrected chi connectivity index (χ3v) is 6.44. The predicted molar refractivity (Wildman–Crippen MR) is 89.4 cm³/mol. The maximum Gasteiger partial charge on any atom is 0.0674 e. The summed E-state index contributed by atoms with van der Waals surface area (Å²) in [7, 11) is 0. The van der Waals surface area contributed by atoms with Crippen LogP contribution >= 0.6 is 0 Å². The van der Waals surface area contributed by atoms with Crippen molar-refractivity contribution in [3.8, 4) is 0 Å². The average Bonchev–Trinajstić information content (AvgIpc) is 2.72. The zero-order valence-corrected chi connectivity index (χ0v) is 14.7. The fraction of sp³-hybridized carbons (Fsp3) is 1.00. The van der Waals surface area contributed by atoms with Crippen LogP contribution in [0.3, 0.4) is 0 Å². The first kappa shape index (κ1) is 17.2. The van der Waals surface area contributed by atoms with Crippen molar-refractivity contribution in [3.05, 3.63) is 0 Å². The predicted octanol–water partition coefficient (Wildman–Crippen LogP) is 3.42. The molecule has 0 amide bonds. The monoisotopic (exact) mass is 296 g/mol. The van der Waals surface area contributed by atoms with Crippen LogP contribution in [0.4, 0.5) is 0 Å². The average molecular weight is 296 g/mol. The van der Waals surface area contributed by atoms with Crippen molar-refractivity contribution in [1.82, 2.24) is 4.90 Å². The highest BCUT2D eigenvalue weighted by atomic mass is 16.5. The summed E-state index contributed by atoms with van der Waals surface area (Å²) in [5, 5.41) is 0. The number of hydrogen-bond acceptors (Lipinski definition) is 3. The van der Waals surface area contributed by atoms with E-state index in [-0.39, 0.29) is 5.54 Å². The Balaban J connectivity index is 2.03. The molecule has 1 aliphatic heterocycles. The van der Waals surface area contributed by atoms with E-state index in [1.54, 1.807) is 0 Å². The largest absolute Gasteiger partial charge is 0.377 e. The molecule has 1 saturated carbocycles. The van der Waals surface area contributed by atoms with Crippen LogP contribution in [0.5, 0.6) is 0 Å². The van der Waals surface area contributed by atoms with Crippen LogP contribution in [0.2, 0.25) is 0 Å². The lowest BCUT2D eigenvalue weighted by Crippen LogP contribution is -2.57. The van der Waals surface area contributed by atoms with Crippen LogP contribution in [0.25, 0.3) is 0 Å². The molecule has 1 saturated heterocycles. The van der Waals surface area contributed by atoms with E-state index in [4.69, 9.17) is 10.5 Å². The summed E-state index contributed by atoms with van der Waals surface area (Å²) in [6, 6.07) is 0. The van der Waals surface area contributed by atoms with Crippen LogP contribution in [0, 0.1) is 11.3 Å². The molecule has 0 spiro atoms. The highest BCUT2D eigenvalue weighted by Crippen LogP contribution is 2.45. The van der Waals surface area contributed by atoms with Gasteiger partial charge in [0.15, 0.2) is 0 Å². The Bertz CT molecular complexity index is 321. The molecule has 0 aromatic carbocycles. The first-order chi connectivity index (χ1) is 9.93. The molecule has 2 fully saturated rings. The van der Waals surface area contributed by atoms with Crippen molar-refractivity contribution >= 4 is 0 Å². The minimum atomic E-state index is 0.238. The van der Waals surface area contributed by atoms with Crippen LogP contribution < -0.4 is 5.73 Å². The molecule has 2 N–H and O–H groups in total. The van der Waals surface area contributed by atoms with Gasteiger partial charge in [-0.25, -0.2) is 0 Å². The third-order valence-electron chi connectivity index (χ3n) is 6.44. The van der Waals surface area contributed by atoms with Gasteiger partial charge in [-0.2, -0.15) is 0 Å². The first-order valence-corrected chi connectivity index (χ1v) is 9.00. The molecule has 2 aliphatic rings. The Morgan fingerprint density at radius 2 is 1.95 bits per heavy atom. The molecule has 0 radical (unpaired) electrons. The van der Waals surface area contributed by atoms with E-state index in [0.29, 0.717) is 11.5 Å². The maximum atomic E-state index is 6.27. The molecule has 1 unspecified atom stereocenters. The SMILES string of the molecule is CCC(C)(C)C1CCC(CN)(N2CCCOC(C)C2)CC1. The third kappa shape index (κ3) is 3.80. The van der Waals surface area contributed by atoms with Crippen LogP contribution in [0.1, 0.15) is 66.2 Å². The number of nitrogens with two attached hydrogens (primary N) is 1. The van der Waals surface area contributed by atoms with Gasteiger partial charge in [-0.3, -0.25) is 4.90 Å². The molecule has 3 heteroatoms. The first-order valence-electron chi connectivity index (χ1n) is 9.00.